The normalized spacial score (nSPS) is 34.7. The second-order valence-electron chi connectivity index (χ2n) is 8.72. The minimum Gasteiger partial charge on any atom is -0.493 e. The van der Waals surface area contributed by atoms with Crippen LogP contribution in [0.15, 0.2) is 12.1 Å². The lowest BCUT2D eigenvalue weighted by atomic mass is 9.49. The van der Waals surface area contributed by atoms with E-state index in [0.717, 1.165) is 50.5 Å². The minimum absolute atomic E-state index is 0.141. The maximum atomic E-state index is 15.1. The highest BCUT2D eigenvalue weighted by atomic mass is 32.2. The van der Waals surface area contributed by atoms with Gasteiger partial charge in [0.25, 0.3) is 0 Å². The van der Waals surface area contributed by atoms with E-state index >= 15 is 4.39 Å². The van der Waals surface area contributed by atoms with Gasteiger partial charge < -0.3 is 8.92 Å². The monoisotopic (exact) mass is 411 g/mol. The summed E-state index contributed by atoms with van der Waals surface area (Å²) in [6, 6.07) is 3.68. The van der Waals surface area contributed by atoms with E-state index in [-0.39, 0.29) is 11.2 Å². The van der Waals surface area contributed by atoms with E-state index < -0.39 is 16.5 Å². The van der Waals surface area contributed by atoms with E-state index in [0.29, 0.717) is 29.9 Å². The lowest BCUT2D eigenvalue weighted by Gasteiger charge is -2.56. The van der Waals surface area contributed by atoms with Crippen molar-refractivity contribution in [3.8, 4) is 11.5 Å². The molecule has 3 unspecified atom stereocenters. The number of alkyl halides is 1. The fourth-order valence-electron chi connectivity index (χ4n) is 6.53. The number of aryl methyl sites for hydroxylation is 1. The molecule has 0 radical (unpaired) electrons. The summed E-state index contributed by atoms with van der Waals surface area (Å²) in [7, 11) is -2.62. The molecule has 5 nitrogen and oxygen atoms in total. The van der Waals surface area contributed by atoms with Crippen molar-refractivity contribution >= 4 is 10.3 Å². The summed E-state index contributed by atoms with van der Waals surface area (Å²) in [6.07, 6.45) is 6.79. The SMILES string of the molecule is CC[C@]12CCC3c4cc(OC)c(OS(N)(=O)=O)cc4CCC3C1CCC[C@H]2F. The molecule has 0 bridgehead atoms. The Labute approximate surface area is 167 Å². The van der Waals surface area contributed by atoms with E-state index in [4.69, 9.17) is 14.1 Å². The summed E-state index contributed by atoms with van der Waals surface area (Å²) < 4.78 is 48.2. The molecule has 7 heteroatoms. The van der Waals surface area contributed by atoms with Crippen LogP contribution in [0.4, 0.5) is 4.39 Å². The molecule has 4 rings (SSSR count). The summed E-state index contributed by atoms with van der Waals surface area (Å²) in [4.78, 5) is 0. The van der Waals surface area contributed by atoms with Gasteiger partial charge >= 0.3 is 10.3 Å². The number of hydrogen-bond donors (Lipinski definition) is 1. The van der Waals surface area contributed by atoms with Gasteiger partial charge in [0.05, 0.1) is 7.11 Å². The molecule has 1 aromatic carbocycles. The summed E-state index contributed by atoms with van der Waals surface area (Å²) in [5, 5.41) is 5.05. The zero-order chi connectivity index (χ0) is 20.1. The molecule has 2 N–H and O–H groups in total. The van der Waals surface area contributed by atoms with Crippen LogP contribution >= 0.6 is 0 Å². The molecule has 0 spiro atoms. The molecular formula is C21H30FNO4S. The van der Waals surface area contributed by atoms with Gasteiger partial charge in [0, 0.05) is 5.41 Å². The van der Waals surface area contributed by atoms with Gasteiger partial charge in [0.2, 0.25) is 0 Å². The number of halogens is 1. The maximum absolute atomic E-state index is 15.1. The fourth-order valence-corrected chi connectivity index (χ4v) is 6.91. The van der Waals surface area contributed by atoms with Crippen molar-refractivity contribution in [2.24, 2.45) is 22.4 Å². The molecule has 0 saturated heterocycles. The molecule has 156 valence electrons. The largest absolute Gasteiger partial charge is 0.493 e. The first-order chi connectivity index (χ1) is 13.3. The van der Waals surface area contributed by atoms with Crippen molar-refractivity contribution in [3.63, 3.8) is 0 Å². The van der Waals surface area contributed by atoms with Crippen molar-refractivity contribution in [2.75, 3.05) is 7.11 Å². The molecule has 0 aromatic heterocycles. The van der Waals surface area contributed by atoms with E-state index in [2.05, 4.69) is 6.92 Å². The summed E-state index contributed by atoms with van der Waals surface area (Å²) in [6.45, 7) is 2.15. The highest BCUT2D eigenvalue weighted by molar-refractivity contribution is 7.84. The molecule has 5 atom stereocenters. The lowest BCUT2D eigenvalue weighted by Crippen LogP contribution is -2.51. The van der Waals surface area contributed by atoms with Gasteiger partial charge in [0.15, 0.2) is 11.5 Å². The maximum Gasteiger partial charge on any atom is 0.380 e. The summed E-state index contributed by atoms with van der Waals surface area (Å²) in [5.41, 5.74) is 2.15. The van der Waals surface area contributed by atoms with Crippen LogP contribution in [0.5, 0.6) is 11.5 Å². The number of nitrogens with two attached hydrogens (primary N) is 1. The molecular weight excluding hydrogens is 381 g/mol. The first kappa shape index (κ1) is 20.0. The number of rotatable bonds is 4. The molecule has 0 aliphatic heterocycles. The van der Waals surface area contributed by atoms with Gasteiger partial charge in [-0.3, -0.25) is 0 Å². The van der Waals surface area contributed by atoms with Gasteiger partial charge in [-0.1, -0.05) is 13.3 Å². The Hall–Kier alpha value is -1.34. The van der Waals surface area contributed by atoms with E-state index in [1.807, 2.05) is 6.07 Å². The average molecular weight is 412 g/mol. The first-order valence-corrected chi connectivity index (χ1v) is 11.8. The molecule has 0 amide bonds. The smallest absolute Gasteiger partial charge is 0.380 e. The van der Waals surface area contributed by atoms with E-state index in [1.165, 1.54) is 12.7 Å². The summed E-state index contributed by atoms with van der Waals surface area (Å²) in [5.74, 6) is 1.81. The van der Waals surface area contributed by atoms with Crippen molar-refractivity contribution < 1.29 is 21.7 Å². The molecule has 2 fully saturated rings. The topological polar surface area (TPSA) is 78.6 Å². The van der Waals surface area contributed by atoms with Crippen LogP contribution in [0.25, 0.3) is 0 Å². The van der Waals surface area contributed by atoms with Gasteiger partial charge in [-0.15, -0.1) is 0 Å². The van der Waals surface area contributed by atoms with Gasteiger partial charge in [-0.05, 0) is 86.0 Å². The van der Waals surface area contributed by atoms with Gasteiger partial charge in [0.1, 0.15) is 6.17 Å². The van der Waals surface area contributed by atoms with Gasteiger partial charge in [-0.2, -0.15) is 13.6 Å². The average Bonchev–Trinajstić information content (AvgIpc) is 2.66. The Kier molecular flexibility index (Phi) is 5.11. The third kappa shape index (κ3) is 3.20. The van der Waals surface area contributed by atoms with Crippen LogP contribution in [0.3, 0.4) is 0 Å². The minimum atomic E-state index is -4.11. The van der Waals surface area contributed by atoms with Crippen molar-refractivity contribution in [1.82, 2.24) is 0 Å². The highest BCUT2D eigenvalue weighted by Crippen LogP contribution is 2.62. The fraction of sp³-hybridized carbons (Fsp3) is 0.714. The molecule has 3 aliphatic carbocycles. The van der Waals surface area contributed by atoms with Crippen LogP contribution in [-0.2, 0) is 16.7 Å². The second-order valence-corrected chi connectivity index (χ2v) is 9.87. The third-order valence-electron chi connectivity index (χ3n) is 7.73. The van der Waals surface area contributed by atoms with Gasteiger partial charge in [-0.25, -0.2) is 4.39 Å². The molecule has 0 heterocycles. The zero-order valence-corrected chi connectivity index (χ0v) is 17.4. The predicted octanol–water partition coefficient (Wildman–Crippen LogP) is 4.25. The van der Waals surface area contributed by atoms with Crippen LogP contribution in [0.1, 0.15) is 68.9 Å². The third-order valence-corrected chi connectivity index (χ3v) is 8.14. The predicted molar refractivity (Wildman–Crippen MR) is 105 cm³/mol. The number of ether oxygens (including phenoxy) is 1. The molecule has 1 aromatic rings. The number of benzene rings is 1. The zero-order valence-electron chi connectivity index (χ0n) is 16.6. The Morgan fingerprint density at radius 3 is 2.68 bits per heavy atom. The quantitative estimate of drug-likeness (QED) is 0.803. The van der Waals surface area contributed by atoms with Crippen molar-refractivity contribution in [1.29, 1.82) is 0 Å². The number of fused-ring (bicyclic) bond motifs is 5. The Morgan fingerprint density at radius 2 is 2.00 bits per heavy atom. The first-order valence-electron chi connectivity index (χ1n) is 10.4. The molecule has 3 aliphatic rings. The van der Waals surface area contributed by atoms with Crippen molar-refractivity contribution in [2.45, 2.75) is 70.4 Å². The number of methoxy groups -OCH3 is 1. The molecule has 28 heavy (non-hydrogen) atoms. The van der Waals surface area contributed by atoms with Crippen molar-refractivity contribution in [3.05, 3.63) is 23.3 Å². The van der Waals surface area contributed by atoms with Crippen LogP contribution in [0.2, 0.25) is 0 Å². The highest BCUT2D eigenvalue weighted by Gasteiger charge is 2.54. The molecule has 2 saturated carbocycles. The second kappa shape index (κ2) is 7.17. The van der Waals surface area contributed by atoms with Crippen LogP contribution in [-0.4, -0.2) is 21.7 Å². The van der Waals surface area contributed by atoms with E-state index in [1.54, 1.807) is 6.07 Å². The summed E-state index contributed by atoms with van der Waals surface area (Å²) >= 11 is 0. The van der Waals surface area contributed by atoms with Crippen LogP contribution in [0, 0.1) is 17.3 Å². The van der Waals surface area contributed by atoms with Crippen LogP contribution < -0.4 is 14.1 Å². The number of hydrogen-bond acceptors (Lipinski definition) is 4. The lowest BCUT2D eigenvalue weighted by molar-refractivity contribution is -0.0784. The standard InChI is InChI=1S/C21H30FNO4S/c1-3-21-10-9-14-15(17(21)5-4-6-20(21)22)8-7-13-11-19(27-28(23,24)25)18(26-2)12-16(13)14/h11-12,14-15,17,20H,3-10H2,1-2H3,(H2,23,24,25)/t14?,15?,17?,20-,21+/m1/s1. The van der Waals surface area contributed by atoms with E-state index in [9.17, 15) is 8.42 Å². The Morgan fingerprint density at radius 1 is 1.21 bits per heavy atom. The Balaban J connectivity index is 1.71. The Bertz CT molecular complexity index is 858.